The molecule has 1 aliphatic rings. The van der Waals surface area contributed by atoms with E-state index in [4.69, 9.17) is 10.5 Å². The van der Waals surface area contributed by atoms with Gasteiger partial charge >= 0.3 is 6.09 Å². The van der Waals surface area contributed by atoms with Gasteiger partial charge in [-0.3, -0.25) is 14.4 Å². The van der Waals surface area contributed by atoms with Crippen LogP contribution in [0.1, 0.15) is 57.2 Å². The van der Waals surface area contributed by atoms with Crippen LogP contribution in [0.3, 0.4) is 0 Å². The van der Waals surface area contributed by atoms with Crippen molar-refractivity contribution in [2.24, 2.45) is 5.73 Å². The molecule has 0 aliphatic heterocycles. The van der Waals surface area contributed by atoms with Gasteiger partial charge in [0.2, 0.25) is 17.7 Å². The largest absolute Gasteiger partial charge is 0.508 e. The number of hydrogen-bond donors (Lipinski definition) is 4. The third-order valence-electron chi connectivity index (χ3n) is 5.63. The molecule has 2 unspecified atom stereocenters. The molecule has 198 valence electrons. The number of ether oxygens (including phenoxy) is 1. The number of carbonyl (C=O) groups is 4. The molecular formula is C27H34N4O6. The Kier molecular flexibility index (Phi) is 8.75. The highest BCUT2D eigenvalue weighted by Gasteiger charge is 2.44. The summed E-state index contributed by atoms with van der Waals surface area (Å²) in [5.41, 5.74) is 5.91. The first kappa shape index (κ1) is 27.5. The summed E-state index contributed by atoms with van der Waals surface area (Å²) in [4.78, 5) is 53.1. The summed E-state index contributed by atoms with van der Waals surface area (Å²) in [6.07, 6.45) is -0.0308. The summed E-state index contributed by atoms with van der Waals surface area (Å²) >= 11 is 0. The first-order chi connectivity index (χ1) is 17.4. The Labute approximate surface area is 216 Å². The van der Waals surface area contributed by atoms with E-state index in [0.717, 1.165) is 5.56 Å². The molecule has 1 fully saturated rings. The third-order valence-corrected chi connectivity index (χ3v) is 5.63. The van der Waals surface area contributed by atoms with Crippen LogP contribution in [0.2, 0.25) is 0 Å². The normalized spacial score (nSPS) is 14.7. The van der Waals surface area contributed by atoms with Crippen molar-refractivity contribution in [3.05, 3.63) is 65.7 Å². The predicted molar refractivity (Wildman–Crippen MR) is 136 cm³/mol. The minimum Gasteiger partial charge on any atom is -0.508 e. The molecule has 0 bridgehead atoms. The van der Waals surface area contributed by atoms with E-state index in [2.05, 4.69) is 10.6 Å². The molecule has 5 N–H and O–H groups in total. The van der Waals surface area contributed by atoms with Crippen LogP contribution in [-0.4, -0.2) is 51.5 Å². The van der Waals surface area contributed by atoms with E-state index in [1.54, 1.807) is 32.9 Å². The lowest BCUT2D eigenvalue weighted by Crippen LogP contribution is -2.54. The van der Waals surface area contributed by atoms with Crippen molar-refractivity contribution >= 4 is 23.8 Å². The number of rotatable bonds is 10. The Morgan fingerprint density at radius 3 is 2.22 bits per heavy atom. The summed E-state index contributed by atoms with van der Waals surface area (Å²) in [6.45, 7) is 5.26. The molecule has 10 nitrogen and oxygen atoms in total. The highest BCUT2D eigenvalue weighted by atomic mass is 16.6. The number of carbonyl (C=O) groups excluding carboxylic acids is 4. The summed E-state index contributed by atoms with van der Waals surface area (Å²) < 4.78 is 5.27. The maximum atomic E-state index is 13.8. The first-order valence-corrected chi connectivity index (χ1v) is 12.1. The van der Waals surface area contributed by atoms with Gasteiger partial charge in [-0.15, -0.1) is 0 Å². The van der Waals surface area contributed by atoms with Crippen molar-refractivity contribution in [2.45, 2.75) is 70.3 Å². The van der Waals surface area contributed by atoms with Crippen molar-refractivity contribution < 1.29 is 29.0 Å². The van der Waals surface area contributed by atoms with Crippen LogP contribution < -0.4 is 16.4 Å². The van der Waals surface area contributed by atoms with Crippen LogP contribution in [0.25, 0.3) is 0 Å². The Morgan fingerprint density at radius 1 is 1.05 bits per heavy atom. The third kappa shape index (κ3) is 8.23. The fraction of sp³-hybridized carbons (Fsp3) is 0.407. The zero-order valence-electron chi connectivity index (χ0n) is 21.3. The Hall–Kier alpha value is -4.08. The van der Waals surface area contributed by atoms with Gasteiger partial charge in [-0.05, 0) is 56.9 Å². The minimum absolute atomic E-state index is 0.00897. The van der Waals surface area contributed by atoms with Gasteiger partial charge in [0.15, 0.2) is 0 Å². The summed E-state index contributed by atoms with van der Waals surface area (Å²) in [6, 6.07) is 12.6. The number of amides is 4. The second-order valence-electron chi connectivity index (χ2n) is 10.0. The number of nitrogens with zero attached hydrogens (tertiary/aromatic N) is 1. The topological polar surface area (TPSA) is 151 Å². The average molecular weight is 511 g/mol. The van der Waals surface area contributed by atoms with E-state index in [0.29, 0.717) is 18.4 Å². The Balaban J connectivity index is 1.92. The number of aromatic hydroxyl groups is 1. The van der Waals surface area contributed by atoms with Crippen LogP contribution >= 0.6 is 0 Å². The average Bonchev–Trinajstić information content (AvgIpc) is 3.65. The molecule has 2 aromatic carbocycles. The quantitative estimate of drug-likeness (QED) is 0.386. The number of benzene rings is 2. The van der Waals surface area contributed by atoms with Gasteiger partial charge in [0, 0.05) is 12.6 Å². The van der Waals surface area contributed by atoms with E-state index >= 15 is 0 Å². The number of nitrogens with two attached hydrogens (primary N) is 1. The SMILES string of the molecule is CC(C)(C)OC(=O)NC(CC(N)=O)C(=O)N(C1CC1)C(C(=O)NCc1ccccc1)c1ccc(O)cc1. The van der Waals surface area contributed by atoms with Gasteiger partial charge in [-0.25, -0.2) is 4.79 Å². The summed E-state index contributed by atoms with van der Waals surface area (Å²) in [5, 5.41) is 15.1. The lowest BCUT2D eigenvalue weighted by atomic mass is 10.0. The first-order valence-electron chi connectivity index (χ1n) is 12.1. The highest BCUT2D eigenvalue weighted by Crippen LogP contribution is 2.36. The number of nitrogens with one attached hydrogen (secondary N) is 2. The molecule has 0 saturated heterocycles. The fourth-order valence-electron chi connectivity index (χ4n) is 3.88. The van der Waals surface area contributed by atoms with E-state index in [-0.39, 0.29) is 18.3 Å². The number of phenols is 1. The second-order valence-corrected chi connectivity index (χ2v) is 10.0. The molecule has 10 heteroatoms. The monoisotopic (exact) mass is 510 g/mol. The molecular weight excluding hydrogens is 476 g/mol. The van der Waals surface area contributed by atoms with E-state index in [9.17, 15) is 24.3 Å². The number of hydrogen-bond acceptors (Lipinski definition) is 6. The molecule has 1 aliphatic carbocycles. The zero-order chi connectivity index (χ0) is 27.2. The van der Waals surface area contributed by atoms with Crippen LogP contribution in [0.15, 0.2) is 54.6 Å². The van der Waals surface area contributed by atoms with Crippen LogP contribution in [0.4, 0.5) is 4.79 Å². The molecule has 37 heavy (non-hydrogen) atoms. The highest BCUT2D eigenvalue weighted by molar-refractivity contribution is 5.95. The smallest absolute Gasteiger partial charge is 0.408 e. The van der Waals surface area contributed by atoms with Crippen LogP contribution in [-0.2, 0) is 25.7 Å². The molecule has 1 saturated carbocycles. The van der Waals surface area contributed by atoms with Gasteiger partial charge in [0.25, 0.3) is 0 Å². The maximum absolute atomic E-state index is 13.8. The van der Waals surface area contributed by atoms with Crippen molar-refractivity contribution in [3.8, 4) is 5.75 Å². The lowest BCUT2D eigenvalue weighted by molar-refractivity contribution is -0.144. The predicted octanol–water partition coefficient (Wildman–Crippen LogP) is 2.51. The van der Waals surface area contributed by atoms with Gasteiger partial charge in [-0.1, -0.05) is 42.5 Å². The Morgan fingerprint density at radius 2 is 1.68 bits per heavy atom. The summed E-state index contributed by atoms with van der Waals surface area (Å²) in [5.74, 6) is -1.85. The molecule has 2 aromatic rings. The molecule has 0 aromatic heterocycles. The second kappa shape index (κ2) is 11.8. The standard InChI is InChI=1S/C27H34N4O6/c1-27(2,3)37-26(36)30-21(15-22(28)33)25(35)31(19-11-12-19)23(18-9-13-20(32)14-10-18)24(34)29-16-17-7-5-4-6-8-17/h4-10,13-14,19,21,23,32H,11-12,15-16H2,1-3H3,(H2,28,33)(H,29,34)(H,30,36). The minimum atomic E-state index is -1.32. The van der Waals surface area contributed by atoms with Gasteiger partial charge in [0.1, 0.15) is 23.4 Å². The van der Waals surface area contributed by atoms with E-state index in [1.807, 2.05) is 30.3 Å². The van der Waals surface area contributed by atoms with Gasteiger partial charge in [0.05, 0.1) is 6.42 Å². The zero-order valence-corrected chi connectivity index (χ0v) is 21.3. The van der Waals surface area contributed by atoms with Crippen molar-refractivity contribution in [3.63, 3.8) is 0 Å². The lowest BCUT2D eigenvalue weighted by Gasteiger charge is -2.34. The molecule has 4 amide bonds. The summed E-state index contributed by atoms with van der Waals surface area (Å²) in [7, 11) is 0. The molecule has 2 atom stereocenters. The van der Waals surface area contributed by atoms with E-state index in [1.165, 1.54) is 17.0 Å². The molecule has 0 spiro atoms. The van der Waals surface area contributed by atoms with E-state index < -0.39 is 47.9 Å². The van der Waals surface area contributed by atoms with Crippen LogP contribution in [0, 0.1) is 0 Å². The van der Waals surface area contributed by atoms with Gasteiger partial charge < -0.3 is 31.1 Å². The molecule has 0 radical (unpaired) electrons. The number of alkyl carbamates (subject to hydrolysis) is 1. The van der Waals surface area contributed by atoms with Crippen LogP contribution in [0.5, 0.6) is 5.75 Å². The van der Waals surface area contributed by atoms with Crippen molar-refractivity contribution in [1.82, 2.24) is 15.5 Å². The maximum Gasteiger partial charge on any atom is 0.408 e. The number of phenolic OH excluding ortho intramolecular Hbond substituents is 1. The molecule has 3 rings (SSSR count). The van der Waals surface area contributed by atoms with Crippen molar-refractivity contribution in [2.75, 3.05) is 0 Å². The van der Waals surface area contributed by atoms with Crippen molar-refractivity contribution in [1.29, 1.82) is 0 Å². The Bertz CT molecular complexity index is 1110. The molecule has 0 heterocycles. The number of primary amides is 1. The fourth-order valence-corrected chi connectivity index (χ4v) is 3.88. The van der Waals surface area contributed by atoms with Gasteiger partial charge in [-0.2, -0.15) is 0 Å².